The van der Waals surface area contributed by atoms with Gasteiger partial charge in [0.15, 0.2) is 6.54 Å². The number of nitrogens with one attached hydrogen (secondary N) is 2. The first-order valence-corrected chi connectivity index (χ1v) is 11.9. The molecule has 1 saturated heterocycles. The molecule has 1 heterocycles. The molecule has 8 heteroatoms. The number of rotatable bonds is 6. The van der Waals surface area contributed by atoms with Gasteiger partial charge in [-0.05, 0) is 74.2 Å². The van der Waals surface area contributed by atoms with Gasteiger partial charge in [0.1, 0.15) is 5.75 Å². The van der Waals surface area contributed by atoms with E-state index in [1.165, 1.54) is 0 Å². The average Bonchev–Trinajstić information content (AvgIpc) is 2.73. The van der Waals surface area contributed by atoms with Crippen molar-refractivity contribution in [3.05, 3.63) is 52.6 Å². The lowest BCUT2D eigenvalue weighted by Gasteiger charge is -2.32. The van der Waals surface area contributed by atoms with E-state index in [9.17, 15) is 13.2 Å². The Kier molecular flexibility index (Phi) is 7.03. The molecule has 2 aromatic rings. The minimum atomic E-state index is -3.57. The maximum atomic E-state index is 13.4. The molecule has 31 heavy (non-hydrogen) atoms. The molecule has 1 amide bonds. The molecular weight excluding hydrogens is 414 g/mol. The van der Waals surface area contributed by atoms with Crippen LogP contribution in [0.4, 0.5) is 5.69 Å². The summed E-state index contributed by atoms with van der Waals surface area (Å²) >= 11 is 0. The summed E-state index contributed by atoms with van der Waals surface area (Å²) in [4.78, 5) is 13.9. The van der Waals surface area contributed by atoms with Crippen LogP contribution in [0.15, 0.2) is 35.2 Å². The van der Waals surface area contributed by atoms with Gasteiger partial charge in [0.2, 0.25) is 10.0 Å². The van der Waals surface area contributed by atoms with Crippen molar-refractivity contribution < 1.29 is 22.8 Å². The van der Waals surface area contributed by atoms with Crippen LogP contribution in [-0.2, 0) is 14.8 Å². The van der Waals surface area contributed by atoms with Crippen molar-refractivity contribution in [3.63, 3.8) is 0 Å². The molecule has 0 unspecified atom stereocenters. The number of methoxy groups -OCH3 is 1. The molecule has 0 aliphatic carbocycles. The number of sulfonamides is 1. The van der Waals surface area contributed by atoms with E-state index in [0.29, 0.717) is 43.3 Å². The molecule has 2 N–H and O–H groups in total. The highest BCUT2D eigenvalue weighted by Crippen LogP contribution is 2.28. The zero-order valence-electron chi connectivity index (χ0n) is 18.9. The number of aryl methyl sites for hydroxylation is 2. The third-order valence-electron chi connectivity index (χ3n) is 6.11. The molecule has 2 aromatic carbocycles. The molecule has 7 nitrogen and oxygen atoms in total. The van der Waals surface area contributed by atoms with Crippen LogP contribution in [0.5, 0.6) is 5.75 Å². The Balaban J connectivity index is 1.62. The lowest BCUT2D eigenvalue weighted by Crippen LogP contribution is -3.15. The first-order chi connectivity index (χ1) is 14.6. The van der Waals surface area contributed by atoms with Crippen LogP contribution in [0, 0.1) is 27.7 Å². The number of nitrogens with zero attached hydrogens (tertiary/aromatic N) is 1. The van der Waals surface area contributed by atoms with Gasteiger partial charge < -0.3 is 15.0 Å². The molecule has 1 aliphatic heterocycles. The summed E-state index contributed by atoms with van der Waals surface area (Å²) < 4.78 is 33.4. The molecular formula is C23H32N3O4S+. The SMILES string of the molecule is COc1ccc(NC(=O)C[NH+]2CCN(S(=O)(=O)c3c(C)c(C)cc(C)c3C)CC2)cc1. The minimum absolute atomic E-state index is 0.0857. The Morgan fingerprint density at radius 1 is 1.03 bits per heavy atom. The minimum Gasteiger partial charge on any atom is -0.497 e. The Labute approximate surface area is 185 Å². The molecule has 0 bridgehead atoms. The van der Waals surface area contributed by atoms with Crippen LogP contribution in [0.25, 0.3) is 0 Å². The van der Waals surface area contributed by atoms with E-state index >= 15 is 0 Å². The number of hydrogen-bond acceptors (Lipinski definition) is 4. The predicted molar refractivity (Wildman–Crippen MR) is 121 cm³/mol. The van der Waals surface area contributed by atoms with Crippen LogP contribution in [0.2, 0.25) is 0 Å². The summed E-state index contributed by atoms with van der Waals surface area (Å²) in [5, 5.41) is 2.89. The number of piperazine rings is 1. The van der Waals surface area contributed by atoms with Crippen molar-refractivity contribution in [1.82, 2.24) is 4.31 Å². The van der Waals surface area contributed by atoms with Gasteiger partial charge in [-0.2, -0.15) is 4.31 Å². The fourth-order valence-corrected chi connectivity index (χ4v) is 6.04. The van der Waals surface area contributed by atoms with Crippen LogP contribution in [-0.4, -0.2) is 58.5 Å². The summed E-state index contributed by atoms with van der Waals surface area (Å²) in [6.07, 6.45) is 0. The van der Waals surface area contributed by atoms with E-state index in [4.69, 9.17) is 4.74 Å². The van der Waals surface area contributed by atoms with Gasteiger partial charge in [-0.15, -0.1) is 0 Å². The first kappa shape index (κ1) is 23.2. The Morgan fingerprint density at radius 2 is 1.58 bits per heavy atom. The standard InChI is InChI=1S/C23H31N3O4S/c1-16-14-17(2)19(4)23(18(16)3)31(28,29)26-12-10-25(11-13-26)15-22(27)24-20-6-8-21(30-5)9-7-20/h6-9,14H,10-13,15H2,1-5H3,(H,24,27)/p+1. The van der Waals surface area contributed by atoms with Crippen LogP contribution < -0.4 is 15.0 Å². The Bertz CT molecular complexity index is 1030. The number of amides is 1. The topological polar surface area (TPSA) is 80.2 Å². The molecule has 0 aromatic heterocycles. The first-order valence-electron chi connectivity index (χ1n) is 10.5. The van der Waals surface area contributed by atoms with Gasteiger partial charge in [0, 0.05) is 5.69 Å². The summed E-state index contributed by atoms with van der Waals surface area (Å²) in [6.45, 7) is 9.95. The van der Waals surface area contributed by atoms with E-state index < -0.39 is 10.0 Å². The van der Waals surface area contributed by atoms with Gasteiger partial charge in [-0.25, -0.2) is 8.42 Å². The van der Waals surface area contributed by atoms with Crippen LogP contribution >= 0.6 is 0 Å². The molecule has 3 rings (SSSR count). The van der Waals surface area contributed by atoms with Crippen molar-refractivity contribution in [2.24, 2.45) is 0 Å². The second-order valence-corrected chi connectivity index (χ2v) is 10.1. The summed E-state index contributed by atoms with van der Waals surface area (Å²) in [7, 11) is -1.97. The highest BCUT2D eigenvalue weighted by atomic mass is 32.2. The number of anilines is 1. The third kappa shape index (κ3) is 5.08. The second-order valence-electron chi connectivity index (χ2n) is 8.20. The normalized spacial score (nSPS) is 15.6. The summed E-state index contributed by atoms with van der Waals surface area (Å²) in [5.74, 6) is 0.646. The largest absolute Gasteiger partial charge is 0.497 e. The maximum Gasteiger partial charge on any atom is 0.279 e. The monoisotopic (exact) mass is 446 g/mol. The van der Waals surface area contributed by atoms with Crippen molar-refractivity contribution in [2.75, 3.05) is 45.2 Å². The molecule has 0 spiro atoms. The number of benzene rings is 2. The van der Waals surface area contributed by atoms with Crippen molar-refractivity contribution in [3.8, 4) is 5.75 Å². The van der Waals surface area contributed by atoms with Crippen LogP contribution in [0.3, 0.4) is 0 Å². The van der Waals surface area contributed by atoms with E-state index in [0.717, 1.165) is 32.9 Å². The quantitative estimate of drug-likeness (QED) is 0.704. The van der Waals surface area contributed by atoms with Crippen molar-refractivity contribution in [1.29, 1.82) is 0 Å². The zero-order valence-corrected chi connectivity index (χ0v) is 19.7. The summed E-state index contributed by atoms with van der Waals surface area (Å²) in [6, 6.07) is 9.22. The van der Waals surface area contributed by atoms with Crippen LogP contribution in [0.1, 0.15) is 22.3 Å². The number of carbonyl (C=O) groups is 1. The highest BCUT2D eigenvalue weighted by Gasteiger charge is 2.33. The van der Waals surface area contributed by atoms with Gasteiger partial charge in [0.05, 0.1) is 38.2 Å². The van der Waals surface area contributed by atoms with Gasteiger partial charge >= 0.3 is 0 Å². The lowest BCUT2D eigenvalue weighted by molar-refractivity contribution is -0.895. The molecule has 0 atom stereocenters. The molecule has 0 saturated carbocycles. The molecule has 0 radical (unpaired) electrons. The van der Waals surface area contributed by atoms with Crippen molar-refractivity contribution in [2.45, 2.75) is 32.6 Å². The van der Waals surface area contributed by atoms with E-state index in [-0.39, 0.29) is 5.91 Å². The van der Waals surface area contributed by atoms with E-state index in [1.54, 1.807) is 35.7 Å². The van der Waals surface area contributed by atoms with Gasteiger partial charge in [-0.1, -0.05) is 6.07 Å². The maximum absolute atomic E-state index is 13.4. The Hall–Kier alpha value is -2.42. The van der Waals surface area contributed by atoms with E-state index in [2.05, 4.69) is 5.32 Å². The number of hydrogen-bond donors (Lipinski definition) is 2. The fourth-order valence-electron chi connectivity index (χ4n) is 4.02. The summed E-state index contributed by atoms with van der Waals surface area (Å²) in [5.41, 5.74) is 4.32. The average molecular weight is 447 g/mol. The highest BCUT2D eigenvalue weighted by molar-refractivity contribution is 7.89. The molecule has 1 aliphatic rings. The zero-order chi connectivity index (χ0) is 22.8. The van der Waals surface area contributed by atoms with E-state index in [1.807, 2.05) is 33.8 Å². The number of ether oxygens (including phenoxy) is 1. The fraction of sp³-hybridized carbons (Fsp3) is 0.435. The Morgan fingerprint density at radius 3 is 2.10 bits per heavy atom. The second kappa shape index (κ2) is 9.38. The number of carbonyl (C=O) groups excluding carboxylic acids is 1. The van der Waals surface area contributed by atoms with Gasteiger partial charge in [0.25, 0.3) is 5.91 Å². The number of quaternary nitrogens is 1. The molecule has 1 fully saturated rings. The third-order valence-corrected chi connectivity index (χ3v) is 8.28. The smallest absolute Gasteiger partial charge is 0.279 e. The van der Waals surface area contributed by atoms with Crippen molar-refractivity contribution >= 4 is 21.6 Å². The molecule has 168 valence electrons. The predicted octanol–water partition coefficient (Wildman–Crippen LogP) is 1.46. The van der Waals surface area contributed by atoms with Gasteiger partial charge in [-0.3, -0.25) is 4.79 Å². The lowest BCUT2D eigenvalue weighted by atomic mass is 10.0.